The van der Waals surface area contributed by atoms with Crippen LogP contribution in [-0.2, 0) is 11.3 Å². The number of para-hydroxylation sites is 1. The molecule has 0 aliphatic carbocycles. The highest BCUT2D eigenvalue weighted by molar-refractivity contribution is 5.82. The Balaban J connectivity index is 1.72. The van der Waals surface area contributed by atoms with Gasteiger partial charge in [-0.15, -0.1) is 0 Å². The average Bonchev–Trinajstić information content (AvgIpc) is 2.93. The summed E-state index contributed by atoms with van der Waals surface area (Å²) in [6.07, 6.45) is 1.08. The van der Waals surface area contributed by atoms with Crippen LogP contribution in [0.25, 0.3) is 10.9 Å². The molecule has 2 atom stereocenters. The molecule has 0 radical (unpaired) electrons. The Morgan fingerprint density at radius 1 is 1.35 bits per heavy atom. The summed E-state index contributed by atoms with van der Waals surface area (Å²) >= 11 is 0. The lowest BCUT2D eigenvalue weighted by atomic mass is 10.1. The smallest absolute Gasteiger partial charge is 0.141 e. The van der Waals surface area contributed by atoms with Crippen molar-refractivity contribution in [2.75, 3.05) is 13.2 Å². The number of hydrogen-bond acceptors (Lipinski definition) is 2. The van der Waals surface area contributed by atoms with E-state index in [1.165, 1.54) is 10.9 Å². The lowest BCUT2D eigenvalue weighted by Gasteiger charge is -2.12. The maximum absolute atomic E-state index is 13.3. The largest absolute Gasteiger partial charge is 0.377 e. The SMILES string of the molecule is FC1COCC1NCc1c[nH]c2ccccc12. The van der Waals surface area contributed by atoms with E-state index in [4.69, 9.17) is 4.74 Å². The van der Waals surface area contributed by atoms with Crippen molar-refractivity contribution in [1.29, 1.82) is 0 Å². The standard InChI is InChI=1S/C13H15FN2O/c14-11-7-17-8-13(11)16-6-9-5-15-12-4-2-1-3-10(9)12/h1-5,11,13,15-16H,6-8H2. The minimum Gasteiger partial charge on any atom is -0.377 e. The predicted molar refractivity (Wildman–Crippen MR) is 64.6 cm³/mol. The van der Waals surface area contributed by atoms with Gasteiger partial charge in [-0.05, 0) is 11.6 Å². The van der Waals surface area contributed by atoms with Gasteiger partial charge in [-0.25, -0.2) is 4.39 Å². The van der Waals surface area contributed by atoms with Crippen LogP contribution in [0.1, 0.15) is 5.56 Å². The Bertz CT molecular complexity index is 511. The Kier molecular flexibility index (Phi) is 2.82. The summed E-state index contributed by atoms with van der Waals surface area (Å²) in [7, 11) is 0. The number of ether oxygens (including phenoxy) is 1. The van der Waals surface area contributed by atoms with Crippen molar-refractivity contribution in [1.82, 2.24) is 10.3 Å². The highest BCUT2D eigenvalue weighted by Crippen LogP contribution is 2.18. The molecule has 1 fully saturated rings. The molecule has 90 valence electrons. The van der Waals surface area contributed by atoms with Crippen molar-refractivity contribution < 1.29 is 9.13 Å². The number of hydrogen-bond donors (Lipinski definition) is 2. The topological polar surface area (TPSA) is 37.0 Å². The summed E-state index contributed by atoms with van der Waals surface area (Å²) < 4.78 is 18.4. The molecule has 1 aromatic carbocycles. The number of rotatable bonds is 3. The van der Waals surface area contributed by atoms with Gasteiger partial charge in [0.1, 0.15) is 6.17 Å². The summed E-state index contributed by atoms with van der Waals surface area (Å²) in [6, 6.07) is 7.94. The Labute approximate surface area is 99.0 Å². The van der Waals surface area contributed by atoms with Crippen LogP contribution in [0.2, 0.25) is 0 Å². The molecule has 1 aliphatic heterocycles. The zero-order valence-electron chi connectivity index (χ0n) is 9.45. The summed E-state index contributed by atoms with van der Waals surface area (Å²) in [5.74, 6) is 0. The van der Waals surface area contributed by atoms with Gasteiger partial charge < -0.3 is 15.0 Å². The van der Waals surface area contributed by atoms with E-state index in [-0.39, 0.29) is 12.6 Å². The maximum Gasteiger partial charge on any atom is 0.141 e. The van der Waals surface area contributed by atoms with Crippen LogP contribution >= 0.6 is 0 Å². The van der Waals surface area contributed by atoms with Crippen molar-refractivity contribution in [2.24, 2.45) is 0 Å². The molecule has 0 spiro atoms. The normalized spacial score (nSPS) is 24.5. The van der Waals surface area contributed by atoms with E-state index in [9.17, 15) is 4.39 Å². The monoisotopic (exact) mass is 234 g/mol. The Morgan fingerprint density at radius 3 is 3.06 bits per heavy atom. The van der Waals surface area contributed by atoms with Crippen LogP contribution in [0.5, 0.6) is 0 Å². The second-order valence-electron chi connectivity index (χ2n) is 4.40. The highest BCUT2D eigenvalue weighted by Gasteiger charge is 2.27. The lowest BCUT2D eigenvalue weighted by molar-refractivity contribution is 0.172. The second-order valence-corrected chi connectivity index (χ2v) is 4.40. The van der Waals surface area contributed by atoms with E-state index in [2.05, 4.69) is 16.4 Å². The fourth-order valence-corrected chi connectivity index (χ4v) is 2.23. The Hall–Kier alpha value is -1.39. The van der Waals surface area contributed by atoms with Crippen molar-refractivity contribution in [2.45, 2.75) is 18.8 Å². The van der Waals surface area contributed by atoms with Gasteiger partial charge in [-0.1, -0.05) is 18.2 Å². The molecular weight excluding hydrogens is 219 g/mol. The summed E-state index contributed by atoms with van der Waals surface area (Å²) in [6.45, 7) is 1.34. The first-order valence-corrected chi connectivity index (χ1v) is 5.85. The summed E-state index contributed by atoms with van der Waals surface area (Å²) in [4.78, 5) is 3.21. The van der Waals surface area contributed by atoms with E-state index in [1.54, 1.807) is 0 Å². The van der Waals surface area contributed by atoms with Gasteiger partial charge in [0.15, 0.2) is 0 Å². The van der Waals surface area contributed by atoms with Crippen LogP contribution in [-0.4, -0.2) is 30.4 Å². The first-order chi connectivity index (χ1) is 8.34. The van der Waals surface area contributed by atoms with E-state index >= 15 is 0 Å². The van der Waals surface area contributed by atoms with Gasteiger partial charge in [0.2, 0.25) is 0 Å². The molecule has 2 N–H and O–H groups in total. The summed E-state index contributed by atoms with van der Waals surface area (Å²) in [5, 5.41) is 4.40. The Morgan fingerprint density at radius 2 is 2.24 bits per heavy atom. The van der Waals surface area contributed by atoms with E-state index in [0.29, 0.717) is 13.2 Å². The third-order valence-electron chi connectivity index (χ3n) is 3.24. The zero-order valence-corrected chi connectivity index (χ0v) is 9.45. The molecule has 17 heavy (non-hydrogen) atoms. The quantitative estimate of drug-likeness (QED) is 0.852. The van der Waals surface area contributed by atoms with Crippen molar-refractivity contribution in [3.63, 3.8) is 0 Å². The molecular formula is C13H15FN2O. The average molecular weight is 234 g/mol. The van der Waals surface area contributed by atoms with Gasteiger partial charge in [0.25, 0.3) is 0 Å². The van der Waals surface area contributed by atoms with Gasteiger partial charge in [-0.3, -0.25) is 0 Å². The van der Waals surface area contributed by atoms with Gasteiger partial charge in [-0.2, -0.15) is 0 Å². The van der Waals surface area contributed by atoms with Crippen LogP contribution in [0, 0.1) is 0 Å². The molecule has 2 heterocycles. The molecule has 0 saturated carbocycles. The maximum atomic E-state index is 13.3. The minimum absolute atomic E-state index is 0.177. The number of halogens is 1. The zero-order chi connectivity index (χ0) is 11.7. The third kappa shape index (κ3) is 2.06. The number of fused-ring (bicyclic) bond motifs is 1. The van der Waals surface area contributed by atoms with E-state index in [0.717, 1.165) is 5.52 Å². The second kappa shape index (κ2) is 4.47. The molecule has 3 rings (SSSR count). The molecule has 4 heteroatoms. The molecule has 3 nitrogen and oxygen atoms in total. The molecule has 0 amide bonds. The lowest BCUT2D eigenvalue weighted by Crippen LogP contribution is -2.36. The number of nitrogens with one attached hydrogen (secondary N) is 2. The number of benzene rings is 1. The third-order valence-corrected chi connectivity index (χ3v) is 3.24. The molecule has 1 aromatic heterocycles. The van der Waals surface area contributed by atoms with E-state index < -0.39 is 6.17 Å². The van der Waals surface area contributed by atoms with Crippen molar-refractivity contribution >= 4 is 10.9 Å². The summed E-state index contributed by atoms with van der Waals surface area (Å²) in [5.41, 5.74) is 2.28. The van der Waals surface area contributed by atoms with Crippen molar-refractivity contribution in [3.8, 4) is 0 Å². The van der Waals surface area contributed by atoms with Gasteiger partial charge in [0, 0.05) is 23.6 Å². The van der Waals surface area contributed by atoms with Crippen LogP contribution < -0.4 is 5.32 Å². The first-order valence-electron chi connectivity index (χ1n) is 5.85. The number of aromatic amines is 1. The number of alkyl halides is 1. The number of aromatic nitrogens is 1. The van der Waals surface area contributed by atoms with Crippen LogP contribution in [0.4, 0.5) is 4.39 Å². The molecule has 2 unspecified atom stereocenters. The minimum atomic E-state index is -0.889. The number of H-pyrrole nitrogens is 1. The van der Waals surface area contributed by atoms with E-state index in [1.807, 2.05) is 24.4 Å². The molecule has 0 bridgehead atoms. The highest BCUT2D eigenvalue weighted by atomic mass is 19.1. The van der Waals surface area contributed by atoms with Crippen molar-refractivity contribution in [3.05, 3.63) is 36.0 Å². The predicted octanol–water partition coefficient (Wildman–Crippen LogP) is 1.99. The first kappa shape index (κ1) is 10.7. The van der Waals surface area contributed by atoms with Crippen LogP contribution in [0.15, 0.2) is 30.5 Å². The molecule has 2 aromatic rings. The molecule has 1 saturated heterocycles. The molecule has 1 aliphatic rings. The van der Waals surface area contributed by atoms with Gasteiger partial charge >= 0.3 is 0 Å². The fraction of sp³-hybridized carbons (Fsp3) is 0.385. The van der Waals surface area contributed by atoms with Gasteiger partial charge in [0.05, 0.1) is 19.3 Å². The van der Waals surface area contributed by atoms with Crippen LogP contribution in [0.3, 0.4) is 0 Å². The fourth-order valence-electron chi connectivity index (χ4n) is 2.23.